The van der Waals surface area contributed by atoms with Crippen LogP contribution >= 0.6 is 7.60 Å². The highest BCUT2D eigenvalue weighted by molar-refractivity contribution is 7.52. The van der Waals surface area contributed by atoms with Gasteiger partial charge in [-0.3, -0.25) is 4.57 Å². The standard InChI is InChI=1S/C16H27O4P/c1-4-6-8-14-10-11-16(15(12-14)9-7-5-2)20-13(3)21(17,18)19/h10-13H,4-9H2,1-3H3,(H2,17,18,19). The van der Waals surface area contributed by atoms with Crippen LogP contribution in [0.3, 0.4) is 0 Å². The molecule has 0 saturated heterocycles. The van der Waals surface area contributed by atoms with Gasteiger partial charge in [0, 0.05) is 0 Å². The fraction of sp³-hybridized carbons (Fsp3) is 0.625. The predicted molar refractivity (Wildman–Crippen MR) is 85.8 cm³/mol. The molecule has 1 aromatic carbocycles. The van der Waals surface area contributed by atoms with Gasteiger partial charge in [0.25, 0.3) is 0 Å². The van der Waals surface area contributed by atoms with Gasteiger partial charge in [0.1, 0.15) is 5.75 Å². The first-order chi connectivity index (χ1) is 9.88. The van der Waals surface area contributed by atoms with Crippen LogP contribution in [0.25, 0.3) is 0 Å². The molecule has 0 aromatic heterocycles. The van der Waals surface area contributed by atoms with Crippen molar-refractivity contribution in [2.24, 2.45) is 0 Å². The largest absolute Gasteiger partial charge is 0.478 e. The van der Waals surface area contributed by atoms with Crippen molar-refractivity contribution in [2.45, 2.75) is 65.1 Å². The first kappa shape index (κ1) is 18.2. The zero-order valence-corrected chi connectivity index (χ0v) is 14.1. The monoisotopic (exact) mass is 314 g/mol. The van der Waals surface area contributed by atoms with Gasteiger partial charge in [0.15, 0.2) is 5.85 Å². The smallest absolute Gasteiger partial charge is 0.365 e. The van der Waals surface area contributed by atoms with Crippen LogP contribution in [0, 0.1) is 0 Å². The maximum Gasteiger partial charge on any atom is 0.365 e. The summed E-state index contributed by atoms with van der Waals surface area (Å²) in [5.41, 5.74) is 2.31. The molecule has 5 heteroatoms. The average molecular weight is 314 g/mol. The summed E-state index contributed by atoms with van der Waals surface area (Å²) in [7, 11) is -4.22. The lowest BCUT2D eigenvalue weighted by atomic mass is 10.0. The van der Waals surface area contributed by atoms with Gasteiger partial charge >= 0.3 is 7.60 Å². The van der Waals surface area contributed by atoms with E-state index in [-0.39, 0.29) is 0 Å². The topological polar surface area (TPSA) is 66.8 Å². The van der Waals surface area contributed by atoms with E-state index >= 15 is 0 Å². The molecule has 0 radical (unpaired) electrons. The van der Waals surface area contributed by atoms with Gasteiger partial charge in [0.05, 0.1) is 0 Å². The van der Waals surface area contributed by atoms with Crippen molar-refractivity contribution in [3.8, 4) is 5.75 Å². The van der Waals surface area contributed by atoms with Gasteiger partial charge < -0.3 is 14.5 Å². The molecule has 1 unspecified atom stereocenters. The third kappa shape index (κ3) is 6.21. The Morgan fingerprint density at radius 1 is 1.14 bits per heavy atom. The maximum atomic E-state index is 11.2. The van der Waals surface area contributed by atoms with Crippen LogP contribution in [0.4, 0.5) is 0 Å². The van der Waals surface area contributed by atoms with Crippen LogP contribution in [-0.4, -0.2) is 15.6 Å². The second-order valence-corrected chi connectivity index (χ2v) is 7.36. The number of rotatable bonds is 9. The summed E-state index contributed by atoms with van der Waals surface area (Å²) in [6.45, 7) is 5.70. The van der Waals surface area contributed by atoms with Gasteiger partial charge in [-0.1, -0.05) is 38.8 Å². The third-order valence-corrected chi connectivity index (χ3v) is 4.57. The number of unbranched alkanes of at least 4 members (excludes halogenated alkanes) is 2. The Morgan fingerprint density at radius 3 is 2.33 bits per heavy atom. The summed E-state index contributed by atoms with van der Waals surface area (Å²) >= 11 is 0. The molecule has 0 bridgehead atoms. The van der Waals surface area contributed by atoms with Crippen LogP contribution in [0.15, 0.2) is 18.2 Å². The number of hydrogen-bond acceptors (Lipinski definition) is 2. The van der Waals surface area contributed by atoms with Crippen molar-refractivity contribution in [1.82, 2.24) is 0 Å². The molecule has 2 N–H and O–H groups in total. The van der Waals surface area contributed by atoms with E-state index in [9.17, 15) is 14.4 Å². The van der Waals surface area contributed by atoms with E-state index in [1.54, 1.807) is 0 Å². The van der Waals surface area contributed by atoms with Crippen molar-refractivity contribution in [1.29, 1.82) is 0 Å². The van der Waals surface area contributed by atoms with Crippen LogP contribution in [0.2, 0.25) is 0 Å². The van der Waals surface area contributed by atoms with Crippen molar-refractivity contribution in [3.05, 3.63) is 29.3 Å². The number of aryl methyl sites for hydroxylation is 2. The maximum absolute atomic E-state index is 11.2. The molecule has 0 amide bonds. The highest BCUT2D eigenvalue weighted by Gasteiger charge is 2.26. The quantitative estimate of drug-likeness (QED) is 0.668. The Labute approximate surface area is 127 Å². The van der Waals surface area contributed by atoms with Crippen molar-refractivity contribution < 1.29 is 19.1 Å². The van der Waals surface area contributed by atoms with Gasteiger partial charge in [-0.25, -0.2) is 0 Å². The SMILES string of the molecule is CCCCc1ccc(OC(C)P(=O)(O)O)c(CCCC)c1. The van der Waals surface area contributed by atoms with Crippen molar-refractivity contribution >= 4 is 7.60 Å². The molecule has 21 heavy (non-hydrogen) atoms. The minimum Gasteiger partial charge on any atom is -0.478 e. The number of hydrogen-bond donors (Lipinski definition) is 2. The van der Waals surface area contributed by atoms with Crippen molar-refractivity contribution in [2.75, 3.05) is 0 Å². The Hall–Kier alpha value is -0.830. The first-order valence-corrected chi connectivity index (χ1v) is 9.40. The van der Waals surface area contributed by atoms with E-state index in [0.29, 0.717) is 5.75 Å². The Morgan fingerprint density at radius 2 is 1.76 bits per heavy atom. The Bertz CT molecular complexity index is 481. The molecule has 0 aliphatic carbocycles. The molecule has 0 aliphatic rings. The van der Waals surface area contributed by atoms with Gasteiger partial charge in [-0.05, 0) is 49.8 Å². The van der Waals surface area contributed by atoms with Gasteiger partial charge in [0.2, 0.25) is 0 Å². The van der Waals surface area contributed by atoms with E-state index in [1.165, 1.54) is 12.5 Å². The second kappa shape index (κ2) is 8.57. The van der Waals surface area contributed by atoms with Gasteiger partial charge in [-0.2, -0.15) is 0 Å². The first-order valence-electron chi connectivity index (χ1n) is 7.72. The summed E-state index contributed by atoms with van der Waals surface area (Å²) in [6, 6.07) is 5.96. The predicted octanol–water partition coefficient (Wildman–Crippen LogP) is 4.27. The summed E-state index contributed by atoms with van der Waals surface area (Å²) in [5, 5.41) is 0. The Kier molecular flexibility index (Phi) is 7.44. The molecule has 0 saturated carbocycles. The molecule has 120 valence electrons. The van der Waals surface area contributed by atoms with Crippen LogP contribution < -0.4 is 4.74 Å². The molecule has 0 fully saturated rings. The van der Waals surface area contributed by atoms with Crippen LogP contribution in [0.1, 0.15) is 57.6 Å². The molecule has 1 atom stereocenters. The van der Waals surface area contributed by atoms with E-state index in [4.69, 9.17) is 4.74 Å². The molecule has 4 nitrogen and oxygen atoms in total. The van der Waals surface area contributed by atoms with Crippen LogP contribution in [0.5, 0.6) is 5.75 Å². The van der Waals surface area contributed by atoms with E-state index < -0.39 is 13.4 Å². The summed E-state index contributed by atoms with van der Waals surface area (Å²) in [6.07, 6.45) is 6.32. The lowest BCUT2D eigenvalue weighted by Crippen LogP contribution is -2.13. The minimum atomic E-state index is -4.22. The van der Waals surface area contributed by atoms with E-state index in [0.717, 1.165) is 44.1 Å². The fourth-order valence-corrected chi connectivity index (χ4v) is 2.35. The minimum absolute atomic E-state index is 0.597. The highest BCUT2D eigenvalue weighted by atomic mass is 31.2. The summed E-state index contributed by atoms with van der Waals surface area (Å²) in [4.78, 5) is 18.3. The average Bonchev–Trinajstić information content (AvgIpc) is 2.43. The lowest BCUT2D eigenvalue weighted by molar-refractivity contribution is 0.235. The number of benzene rings is 1. The lowest BCUT2D eigenvalue weighted by Gasteiger charge is -2.19. The molecular formula is C16H27O4P. The van der Waals surface area contributed by atoms with Crippen molar-refractivity contribution in [3.63, 3.8) is 0 Å². The van der Waals surface area contributed by atoms with E-state index in [2.05, 4.69) is 19.9 Å². The molecule has 1 rings (SSSR count). The zero-order valence-electron chi connectivity index (χ0n) is 13.2. The highest BCUT2D eigenvalue weighted by Crippen LogP contribution is 2.42. The summed E-state index contributed by atoms with van der Waals surface area (Å²) in [5.74, 6) is -0.515. The molecule has 1 aromatic rings. The van der Waals surface area contributed by atoms with E-state index in [1.807, 2.05) is 12.1 Å². The summed E-state index contributed by atoms with van der Waals surface area (Å²) < 4.78 is 16.7. The van der Waals surface area contributed by atoms with Gasteiger partial charge in [-0.15, -0.1) is 0 Å². The normalized spacial score (nSPS) is 13.2. The fourth-order valence-electron chi connectivity index (χ4n) is 2.10. The molecule has 0 heterocycles. The molecule has 0 spiro atoms. The Balaban J connectivity index is 2.92. The molecule has 0 aliphatic heterocycles. The number of ether oxygens (including phenoxy) is 1. The second-order valence-electron chi connectivity index (χ2n) is 5.46. The molecular weight excluding hydrogens is 287 g/mol. The zero-order chi connectivity index (χ0) is 15.9. The third-order valence-electron chi connectivity index (χ3n) is 3.51. The van der Waals surface area contributed by atoms with Crippen LogP contribution in [-0.2, 0) is 17.4 Å².